The highest BCUT2D eigenvalue weighted by Crippen LogP contribution is 2.25. The average Bonchev–Trinajstić information content (AvgIpc) is 3.22. The lowest BCUT2D eigenvalue weighted by Crippen LogP contribution is -1.91. The number of hydrogen-bond donors (Lipinski definition) is 1. The van der Waals surface area contributed by atoms with E-state index in [0.29, 0.717) is 0 Å². The van der Waals surface area contributed by atoms with E-state index in [-0.39, 0.29) is 0 Å². The van der Waals surface area contributed by atoms with Crippen molar-refractivity contribution in [3.05, 3.63) is 113 Å². The molecule has 5 rings (SSSR count). The van der Waals surface area contributed by atoms with Crippen LogP contribution in [0.4, 0.5) is 5.69 Å². The van der Waals surface area contributed by atoms with Gasteiger partial charge >= 0.3 is 0 Å². The van der Waals surface area contributed by atoms with Gasteiger partial charge in [-0.2, -0.15) is 0 Å². The van der Waals surface area contributed by atoms with Crippen LogP contribution in [0.3, 0.4) is 0 Å². The Hall–Kier alpha value is -3.50. The maximum absolute atomic E-state index is 3.44. The van der Waals surface area contributed by atoms with E-state index in [2.05, 4.69) is 96.0 Å². The van der Waals surface area contributed by atoms with Gasteiger partial charge in [0.1, 0.15) is 0 Å². The molecule has 1 nitrogen and oxygen atoms in total. The molecule has 1 aliphatic rings. The van der Waals surface area contributed by atoms with Gasteiger partial charge in [-0.25, -0.2) is 0 Å². The molecule has 0 saturated heterocycles. The summed E-state index contributed by atoms with van der Waals surface area (Å²) in [5, 5.41) is 5.96. The minimum absolute atomic E-state index is 0.784. The SMILES string of the molecule is C(#Cc1ccc2ccc(Cc3ccc4c(c3)CCN4)cc2c1)Cc1ccccc1. The van der Waals surface area contributed by atoms with E-state index in [9.17, 15) is 0 Å². The second kappa shape index (κ2) is 7.86. The first-order valence-electron chi connectivity index (χ1n) is 10.2. The molecule has 0 amide bonds. The van der Waals surface area contributed by atoms with Gasteiger partial charge in [-0.3, -0.25) is 0 Å². The lowest BCUT2D eigenvalue weighted by atomic mass is 9.98. The Morgan fingerprint density at radius 3 is 2.48 bits per heavy atom. The Bertz CT molecular complexity index is 1230. The summed E-state index contributed by atoms with van der Waals surface area (Å²) >= 11 is 0. The average molecular weight is 373 g/mol. The van der Waals surface area contributed by atoms with Crippen molar-refractivity contribution in [1.29, 1.82) is 0 Å². The number of benzene rings is 4. The Morgan fingerprint density at radius 2 is 1.55 bits per heavy atom. The molecule has 0 aliphatic carbocycles. The van der Waals surface area contributed by atoms with Gasteiger partial charge < -0.3 is 5.32 Å². The molecule has 0 bridgehead atoms. The third-order valence-corrected chi connectivity index (χ3v) is 5.56. The van der Waals surface area contributed by atoms with Gasteiger partial charge in [-0.1, -0.05) is 78.6 Å². The largest absolute Gasteiger partial charge is 0.384 e. The van der Waals surface area contributed by atoms with Crippen LogP contribution in [0.5, 0.6) is 0 Å². The van der Waals surface area contributed by atoms with Gasteiger partial charge in [0.15, 0.2) is 0 Å². The fourth-order valence-corrected chi connectivity index (χ4v) is 4.03. The van der Waals surface area contributed by atoms with Crippen LogP contribution in [0.25, 0.3) is 10.8 Å². The van der Waals surface area contributed by atoms with Gasteiger partial charge in [0, 0.05) is 24.2 Å². The molecule has 4 aromatic rings. The van der Waals surface area contributed by atoms with Crippen LogP contribution in [0.15, 0.2) is 84.9 Å². The molecular formula is C28H23N. The van der Waals surface area contributed by atoms with Crippen molar-refractivity contribution in [1.82, 2.24) is 0 Å². The van der Waals surface area contributed by atoms with Crippen molar-refractivity contribution >= 4 is 16.5 Å². The van der Waals surface area contributed by atoms with Crippen LogP contribution in [0.1, 0.15) is 27.8 Å². The van der Waals surface area contributed by atoms with Crippen LogP contribution in [0.2, 0.25) is 0 Å². The predicted octanol–water partition coefficient (Wildman–Crippen LogP) is 5.99. The van der Waals surface area contributed by atoms with E-state index in [0.717, 1.165) is 31.4 Å². The Labute approximate surface area is 172 Å². The lowest BCUT2D eigenvalue weighted by Gasteiger charge is -2.07. The molecule has 0 spiro atoms. The third-order valence-electron chi connectivity index (χ3n) is 5.56. The number of hydrogen-bond acceptors (Lipinski definition) is 1. The van der Waals surface area contributed by atoms with Crippen molar-refractivity contribution in [3.63, 3.8) is 0 Å². The Morgan fingerprint density at radius 1 is 0.724 bits per heavy atom. The zero-order valence-electron chi connectivity index (χ0n) is 16.4. The molecule has 29 heavy (non-hydrogen) atoms. The molecule has 0 unspecified atom stereocenters. The third kappa shape index (κ3) is 4.03. The van der Waals surface area contributed by atoms with Gasteiger partial charge in [0.25, 0.3) is 0 Å². The quantitative estimate of drug-likeness (QED) is 0.435. The number of nitrogens with one attached hydrogen (secondary N) is 1. The van der Waals surface area contributed by atoms with E-state index in [1.54, 1.807) is 0 Å². The standard InChI is InChI=1S/C28H23N/c1-2-5-21(6-3-1)7-4-8-22-9-12-25-13-10-23(20-27(25)18-22)17-24-11-14-28-26(19-24)15-16-29-28/h1-3,5-6,9-14,18-20,29H,7,15-17H2. The van der Waals surface area contributed by atoms with Crippen LogP contribution in [-0.2, 0) is 19.3 Å². The van der Waals surface area contributed by atoms with Crippen molar-refractivity contribution in [2.75, 3.05) is 11.9 Å². The molecule has 1 heterocycles. The van der Waals surface area contributed by atoms with Gasteiger partial charge in [0.05, 0.1) is 0 Å². The first-order valence-corrected chi connectivity index (χ1v) is 10.2. The highest BCUT2D eigenvalue weighted by molar-refractivity contribution is 5.84. The molecule has 0 fully saturated rings. The minimum Gasteiger partial charge on any atom is -0.384 e. The molecule has 0 saturated carbocycles. The lowest BCUT2D eigenvalue weighted by molar-refractivity contribution is 1.10. The summed E-state index contributed by atoms with van der Waals surface area (Å²) < 4.78 is 0. The zero-order chi connectivity index (χ0) is 19.5. The van der Waals surface area contributed by atoms with E-state index in [1.807, 2.05) is 6.07 Å². The normalized spacial score (nSPS) is 12.1. The first-order chi connectivity index (χ1) is 14.3. The van der Waals surface area contributed by atoms with E-state index in [4.69, 9.17) is 0 Å². The number of anilines is 1. The number of rotatable bonds is 3. The molecule has 1 heteroatoms. The van der Waals surface area contributed by atoms with Crippen molar-refractivity contribution in [2.24, 2.45) is 0 Å². The van der Waals surface area contributed by atoms with E-state index < -0.39 is 0 Å². The summed E-state index contributed by atoms with van der Waals surface area (Å²) in [6.07, 6.45) is 2.88. The Balaban J connectivity index is 1.36. The first kappa shape index (κ1) is 17.6. The molecule has 0 radical (unpaired) electrons. The van der Waals surface area contributed by atoms with E-state index >= 15 is 0 Å². The fourth-order valence-electron chi connectivity index (χ4n) is 4.03. The van der Waals surface area contributed by atoms with Crippen molar-refractivity contribution < 1.29 is 0 Å². The highest BCUT2D eigenvalue weighted by atomic mass is 14.9. The molecular weight excluding hydrogens is 350 g/mol. The maximum atomic E-state index is 3.44. The smallest absolute Gasteiger partial charge is 0.0373 e. The van der Waals surface area contributed by atoms with Gasteiger partial charge in [-0.15, -0.1) is 0 Å². The fraction of sp³-hybridized carbons (Fsp3) is 0.143. The second-order valence-electron chi connectivity index (χ2n) is 7.71. The molecule has 1 aliphatic heterocycles. The summed E-state index contributed by atoms with van der Waals surface area (Å²) in [6, 6.07) is 30.5. The summed E-state index contributed by atoms with van der Waals surface area (Å²) in [5.74, 6) is 6.63. The molecule has 0 atom stereocenters. The van der Waals surface area contributed by atoms with Crippen LogP contribution < -0.4 is 5.32 Å². The number of fused-ring (bicyclic) bond motifs is 2. The van der Waals surface area contributed by atoms with Crippen molar-refractivity contribution in [2.45, 2.75) is 19.3 Å². The molecule has 140 valence electrons. The molecule has 1 N–H and O–H groups in total. The van der Waals surface area contributed by atoms with Gasteiger partial charge in [-0.05, 0) is 64.1 Å². The molecule has 4 aromatic carbocycles. The minimum atomic E-state index is 0.784. The van der Waals surface area contributed by atoms with E-state index in [1.165, 1.54) is 38.7 Å². The summed E-state index contributed by atoms with van der Waals surface area (Å²) in [5.41, 5.74) is 7.80. The monoisotopic (exact) mass is 373 g/mol. The molecule has 0 aromatic heterocycles. The van der Waals surface area contributed by atoms with Crippen LogP contribution >= 0.6 is 0 Å². The summed E-state index contributed by atoms with van der Waals surface area (Å²) in [6.45, 7) is 1.06. The second-order valence-corrected chi connectivity index (χ2v) is 7.71. The summed E-state index contributed by atoms with van der Waals surface area (Å²) in [7, 11) is 0. The predicted molar refractivity (Wildman–Crippen MR) is 122 cm³/mol. The van der Waals surface area contributed by atoms with Gasteiger partial charge in [0.2, 0.25) is 0 Å². The van der Waals surface area contributed by atoms with Crippen molar-refractivity contribution in [3.8, 4) is 11.8 Å². The van der Waals surface area contributed by atoms with Crippen LogP contribution in [-0.4, -0.2) is 6.54 Å². The topological polar surface area (TPSA) is 12.0 Å². The summed E-state index contributed by atoms with van der Waals surface area (Å²) in [4.78, 5) is 0. The Kier molecular flexibility index (Phi) is 4.76. The zero-order valence-corrected chi connectivity index (χ0v) is 16.4. The maximum Gasteiger partial charge on any atom is 0.0373 e. The van der Waals surface area contributed by atoms with Crippen LogP contribution in [0, 0.1) is 11.8 Å². The highest BCUT2D eigenvalue weighted by Gasteiger charge is 2.10.